The van der Waals surface area contributed by atoms with Gasteiger partial charge in [-0.15, -0.1) is 0 Å². The molecule has 0 aromatic rings. The summed E-state index contributed by atoms with van der Waals surface area (Å²) >= 11 is 0. The summed E-state index contributed by atoms with van der Waals surface area (Å²) in [6.07, 6.45) is 4.43. The maximum absolute atomic E-state index is 9.59. The van der Waals surface area contributed by atoms with Crippen LogP contribution in [-0.2, 0) is 9.53 Å². The Labute approximate surface area is 61.0 Å². The molecule has 0 fully saturated rings. The number of aliphatic hydroxyl groups excluding tert-OH is 1. The lowest BCUT2D eigenvalue weighted by molar-refractivity contribution is -0.127. The Morgan fingerprint density at radius 1 is 1.70 bits per heavy atom. The first-order chi connectivity index (χ1) is 4.77. The third kappa shape index (κ3) is 7.43. The van der Waals surface area contributed by atoms with Gasteiger partial charge in [0.25, 0.3) is 6.47 Å². The van der Waals surface area contributed by atoms with E-state index in [-0.39, 0.29) is 6.61 Å². The van der Waals surface area contributed by atoms with Gasteiger partial charge in [0.15, 0.2) is 0 Å². The van der Waals surface area contributed by atoms with Crippen molar-refractivity contribution in [1.29, 1.82) is 0 Å². The molecule has 0 unspecified atom stereocenters. The molecular formula is C7H11O3. The first-order valence-electron chi connectivity index (χ1n) is 3.00. The molecule has 0 saturated heterocycles. The van der Waals surface area contributed by atoms with E-state index in [0.29, 0.717) is 6.47 Å². The summed E-state index contributed by atoms with van der Waals surface area (Å²) in [7, 11) is 0. The van der Waals surface area contributed by atoms with Crippen LogP contribution in [0.1, 0.15) is 6.92 Å². The van der Waals surface area contributed by atoms with Gasteiger partial charge in [0, 0.05) is 6.42 Å². The maximum atomic E-state index is 9.59. The molecule has 0 aliphatic carbocycles. The number of carbonyl (C=O) groups is 1. The third-order valence-corrected chi connectivity index (χ3v) is 0.786. The first kappa shape index (κ1) is 9.43. The molecule has 10 heavy (non-hydrogen) atoms. The van der Waals surface area contributed by atoms with Gasteiger partial charge in [0.1, 0.15) is 0 Å². The van der Waals surface area contributed by atoms with E-state index < -0.39 is 6.10 Å². The van der Waals surface area contributed by atoms with E-state index in [2.05, 4.69) is 4.74 Å². The highest BCUT2D eigenvalue weighted by Gasteiger charge is 1.95. The van der Waals surface area contributed by atoms with Gasteiger partial charge in [-0.25, -0.2) is 0 Å². The molecule has 0 saturated carbocycles. The predicted molar refractivity (Wildman–Crippen MR) is 36.6 cm³/mol. The molecule has 0 aromatic heterocycles. The summed E-state index contributed by atoms with van der Waals surface area (Å²) in [4.78, 5) is 9.59. The van der Waals surface area contributed by atoms with Gasteiger partial charge in [0.2, 0.25) is 0 Å². The molecule has 0 bridgehead atoms. The third-order valence-electron chi connectivity index (χ3n) is 0.786. The van der Waals surface area contributed by atoms with Crippen LogP contribution < -0.4 is 0 Å². The average Bonchev–Trinajstić information content (AvgIpc) is 1.87. The van der Waals surface area contributed by atoms with E-state index in [1.807, 2.05) is 0 Å². The zero-order valence-electron chi connectivity index (χ0n) is 5.86. The number of carbonyl (C=O) groups excluding carboxylic acids is 1. The van der Waals surface area contributed by atoms with Gasteiger partial charge in [0.05, 0.1) is 12.7 Å². The molecule has 0 heterocycles. The summed E-state index contributed by atoms with van der Waals surface area (Å²) in [5.74, 6) is 0. The molecule has 0 rings (SSSR count). The lowest BCUT2D eigenvalue weighted by Gasteiger charge is -2.00. The van der Waals surface area contributed by atoms with Crippen LogP contribution in [0.25, 0.3) is 0 Å². The minimum Gasteiger partial charge on any atom is -0.468 e. The van der Waals surface area contributed by atoms with Gasteiger partial charge in [-0.3, -0.25) is 4.79 Å². The van der Waals surface area contributed by atoms with Crippen LogP contribution in [0.5, 0.6) is 0 Å². The van der Waals surface area contributed by atoms with Gasteiger partial charge in [-0.2, -0.15) is 0 Å². The number of unbranched alkanes of at least 4 members (excludes halogenated alkanes) is 1. The summed E-state index contributed by atoms with van der Waals surface area (Å²) in [5, 5.41) is 8.69. The van der Waals surface area contributed by atoms with Crippen LogP contribution in [-0.4, -0.2) is 24.3 Å². The lowest BCUT2D eigenvalue weighted by Crippen LogP contribution is -2.02. The molecule has 3 radical (unpaired) electrons. The van der Waals surface area contributed by atoms with Gasteiger partial charge < -0.3 is 9.84 Å². The summed E-state index contributed by atoms with van der Waals surface area (Å²) < 4.78 is 4.35. The fourth-order valence-corrected chi connectivity index (χ4v) is 0.390. The molecule has 0 aliphatic rings. The molecule has 1 atom stereocenters. The number of ether oxygens (including phenoxy) is 1. The van der Waals surface area contributed by atoms with E-state index in [1.54, 1.807) is 26.2 Å². The highest BCUT2D eigenvalue weighted by molar-refractivity contribution is 5.37. The number of hydrogen-bond acceptors (Lipinski definition) is 3. The van der Waals surface area contributed by atoms with E-state index in [4.69, 9.17) is 5.11 Å². The minimum absolute atomic E-state index is 0.257. The number of rotatable bonds is 6. The summed E-state index contributed by atoms with van der Waals surface area (Å²) in [6, 6.07) is 0. The van der Waals surface area contributed by atoms with Crippen molar-refractivity contribution in [2.45, 2.75) is 13.0 Å². The molecule has 3 nitrogen and oxygen atoms in total. The van der Waals surface area contributed by atoms with E-state index >= 15 is 0 Å². The number of aliphatic hydroxyl groups is 1. The molecular weight excluding hydrogens is 132 g/mol. The standard InChI is InChI=1S/C7H11O3/c1-7(9)4-2-3-5-10-6-8/h2-4,6-7,9H,5H2,1H3/t7-/m0/s1. The first-order valence-corrected chi connectivity index (χ1v) is 3.00. The van der Waals surface area contributed by atoms with Crippen molar-refractivity contribution in [1.82, 2.24) is 0 Å². The smallest absolute Gasteiger partial charge is 0.293 e. The molecule has 3 heteroatoms. The SMILES string of the molecule is C[C@H](O)[CH][CH][CH]COC=O. The van der Waals surface area contributed by atoms with Gasteiger partial charge in [-0.05, 0) is 19.8 Å². The summed E-state index contributed by atoms with van der Waals surface area (Å²) in [6.45, 7) is 2.28. The van der Waals surface area contributed by atoms with Crippen LogP contribution in [0.3, 0.4) is 0 Å². The topological polar surface area (TPSA) is 46.5 Å². The Kier molecular flexibility index (Phi) is 6.18. The normalized spacial score (nSPS) is 12.6. The van der Waals surface area contributed by atoms with Crippen LogP contribution >= 0.6 is 0 Å². The van der Waals surface area contributed by atoms with Crippen molar-refractivity contribution in [2.75, 3.05) is 6.61 Å². The van der Waals surface area contributed by atoms with Crippen molar-refractivity contribution < 1.29 is 14.6 Å². The number of hydrogen-bond donors (Lipinski definition) is 1. The zero-order chi connectivity index (χ0) is 7.82. The second-order valence-electron chi connectivity index (χ2n) is 1.79. The van der Waals surface area contributed by atoms with E-state index in [9.17, 15) is 4.79 Å². The second-order valence-corrected chi connectivity index (χ2v) is 1.79. The largest absolute Gasteiger partial charge is 0.468 e. The molecule has 1 N–H and O–H groups in total. The fourth-order valence-electron chi connectivity index (χ4n) is 0.390. The molecule has 0 spiro atoms. The Morgan fingerprint density at radius 2 is 2.40 bits per heavy atom. The fraction of sp³-hybridized carbons (Fsp3) is 0.429. The van der Waals surface area contributed by atoms with Gasteiger partial charge in [-0.1, -0.05) is 0 Å². The Hall–Kier alpha value is -0.570. The van der Waals surface area contributed by atoms with Crippen LogP contribution in [0.15, 0.2) is 0 Å². The second kappa shape index (κ2) is 6.55. The van der Waals surface area contributed by atoms with Crippen LogP contribution in [0.4, 0.5) is 0 Å². The Balaban J connectivity index is 2.83. The van der Waals surface area contributed by atoms with Crippen molar-refractivity contribution in [2.24, 2.45) is 0 Å². The van der Waals surface area contributed by atoms with Gasteiger partial charge >= 0.3 is 0 Å². The molecule has 57 valence electrons. The average molecular weight is 143 g/mol. The van der Waals surface area contributed by atoms with Crippen LogP contribution in [0, 0.1) is 19.3 Å². The monoisotopic (exact) mass is 143 g/mol. The van der Waals surface area contributed by atoms with E-state index in [1.165, 1.54) is 0 Å². The van der Waals surface area contributed by atoms with E-state index in [0.717, 1.165) is 0 Å². The lowest BCUT2D eigenvalue weighted by atomic mass is 10.2. The van der Waals surface area contributed by atoms with Crippen molar-refractivity contribution in [3.8, 4) is 0 Å². The van der Waals surface area contributed by atoms with Crippen molar-refractivity contribution >= 4 is 6.47 Å². The van der Waals surface area contributed by atoms with Crippen molar-refractivity contribution in [3.05, 3.63) is 19.3 Å². The zero-order valence-corrected chi connectivity index (χ0v) is 5.86. The predicted octanol–water partition coefficient (Wildman–Crippen LogP) is 0.153. The highest BCUT2D eigenvalue weighted by Crippen LogP contribution is 1.95. The summed E-state index contributed by atoms with van der Waals surface area (Å²) in [5.41, 5.74) is 0. The Bertz CT molecular complexity index is 80.9. The Morgan fingerprint density at radius 3 is 2.90 bits per heavy atom. The quantitative estimate of drug-likeness (QED) is 0.425. The minimum atomic E-state index is -0.451. The maximum Gasteiger partial charge on any atom is 0.293 e. The van der Waals surface area contributed by atoms with Crippen molar-refractivity contribution in [3.63, 3.8) is 0 Å². The highest BCUT2D eigenvalue weighted by atomic mass is 16.5. The molecule has 0 amide bonds. The van der Waals surface area contributed by atoms with Crippen LogP contribution in [0.2, 0.25) is 0 Å². The molecule has 0 aliphatic heterocycles. The molecule has 0 aromatic carbocycles.